The van der Waals surface area contributed by atoms with Crippen LogP contribution in [0.1, 0.15) is 64.3 Å². The van der Waals surface area contributed by atoms with Crippen molar-refractivity contribution in [3.8, 4) is 17.2 Å². The fourth-order valence-electron chi connectivity index (χ4n) is 7.03. The number of amides is 2. The molecule has 3 aromatic carbocycles. The Morgan fingerprint density at radius 1 is 0.932 bits per heavy atom. The summed E-state index contributed by atoms with van der Waals surface area (Å²) in [5.41, 5.74) is 3.97. The fraction of sp³-hybridized carbons (Fsp3) is 0.400. The number of nitrogens with zero attached hydrogens (tertiary/aromatic N) is 2. The van der Waals surface area contributed by atoms with Gasteiger partial charge in [0.2, 0.25) is 5.91 Å². The Kier molecular flexibility index (Phi) is 8.46. The molecular formula is C35H38N2O7. The number of esters is 1. The molecule has 1 N–H and O–H groups in total. The molecule has 2 aliphatic heterocycles. The predicted molar refractivity (Wildman–Crippen MR) is 162 cm³/mol. The van der Waals surface area contributed by atoms with E-state index in [1.807, 2.05) is 36.4 Å². The van der Waals surface area contributed by atoms with E-state index in [9.17, 15) is 19.5 Å². The number of carbonyl (C=O) groups is 3. The van der Waals surface area contributed by atoms with Gasteiger partial charge in [-0.05, 0) is 54.7 Å². The van der Waals surface area contributed by atoms with Crippen LogP contribution in [0.15, 0.2) is 60.7 Å². The van der Waals surface area contributed by atoms with Crippen molar-refractivity contribution in [3.05, 3.63) is 88.5 Å². The Balaban J connectivity index is 1.23. The van der Waals surface area contributed by atoms with E-state index >= 15 is 0 Å². The van der Waals surface area contributed by atoms with Gasteiger partial charge < -0.3 is 29.1 Å². The molecule has 0 spiro atoms. The molecule has 3 aromatic rings. The molecule has 1 aliphatic carbocycles. The highest BCUT2D eigenvalue weighted by Gasteiger charge is 2.44. The lowest BCUT2D eigenvalue weighted by Crippen LogP contribution is -2.50. The second-order valence-corrected chi connectivity index (χ2v) is 11.8. The van der Waals surface area contributed by atoms with Crippen molar-refractivity contribution in [1.29, 1.82) is 0 Å². The van der Waals surface area contributed by atoms with Crippen molar-refractivity contribution < 1.29 is 33.7 Å². The van der Waals surface area contributed by atoms with E-state index in [2.05, 4.69) is 0 Å². The van der Waals surface area contributed by atoms with E-state index < -0.39 is 23.8 Å². The lowest BCUT2D eigenvalue weighted by molar-refractivity contribution is -0.159. The molecule has 1 fully saturated rings. The third kappa shape index (κ3) is 5.58. The van der Waals surface area contributed by atoms with Gasteiger partial charge in [-0.25, -0.2) is 0 Å². The van der Waals surface area contributed by atoms with Gasteiger partial charge >= 0.3 is 5.97 Å². The van der Waals surface area contributed by atoms with E-state index in [-0.39, 0.29) is 30.7 Å². The number of carbonyl (C=O) groups excluding carboxylic acids is 3. The zero-order valence-electron chi connectivity index (χ0n) is 25.2. The molecule has 1 saturated carbocycles. The van der Waals surface area contributed by atoms with Gasteiger partial charge in [-0.15, -0.1) is 0 Å². The van der Waals surface area contributed by atoms with Gasteiger partial charge in [-0.2, -0.15) is 0 Å². The van der Waals surface area contributed by atoms with E-state index in [1.165, 1.54) is 0 Å². The highest BCUT2D eigenvalue weighted by Crippen LogP contribution is 2.41. The van der Waals surface area contributed by atoms with Gasteiger partial charge in [0.1, 0.15) is 23.9 Å². The summed E-state index contributed by atoms with van der Waals surface area (Å²) in [7, 11) is 3.12. The number of fused-ring (bicyclic) bond motifs is 2. The molecule has 230 valence electrons. The van der Waals surface area contributed by atoms with Gasteiger partial charge in [0.25, 0.3) is 5.91 Å². The van der Waals surface area contributed by atoms with Crippen LogP contribution >= 0.6 is 0 Å². The Hall–Kier alpha value is -4.53. The van der Waals surface area contributed by atoms with Crippen molar-refractivity contribution in [2.75, 3.05) is 27.3 Å². The van der Waals surface area contributed by atoms with Crippen LogP contribution < -0.4 is 9.47 Å². The topological polar surface area (TPSA) is 106 Å². The van der Waals surface area contributed by atoms with Crippen molar-refractivity contribution in [2.45, 2.75) is 51.3 Å². The SMILES string of the molecule is COc1ccc(COC(=O)[C@H]2CCCC[C@H]2C(=O)N2CCc3cccc(O)c3[C@H]2CN2Cc3ccccc3C2=O)c(OC)c1. The molecule has 2 amide bonds. The number of methoxy groups -OCH3 is 2. The normalized spacial score (nSPS) is 21.0. The lowest BCUT2D eigenvalue weighted by Gasteiger charge is -2.42. The molecule has 2 heterocycles. The monoisotopic (exact) mass is 598 g/mol. The molecule has 0 bridgehead atoms. The molecule has 9 heteroatoms. The number of phenolic OH excluding ortho intramolecular Hbond substituents is 1. The van der Waals surface area contributed by atoms with Crippen molar-refractivity contribution in [3.63, 3.8) is 0 Å². The number of aromatic hydroxyl groups is 1. The zero-order chi connectivity index (χ0) is 30.8. The van der Waals surface area contributed by atoms with Crippen LogP contribution in [-0.2, 0) is 33.9 Å². The third-order valence-corrected chi connectivity index (χ3v) is 9.33. The number of ether oxygens (including phenoxy) is 3. The highest BCUT2D eigenvalue weighted by molar-refractivity contribution is 5.98. The average Bonchev–Trinajstić information content (AvgIpc) is 3.37. The first-order valence-electron chi connectivity index (χ1n) is 15.3. The van der Waals surface area contributed by atoms with Crippen LogP contribution in [0.4, 0.5) is 0 Å². The minimum Gasteiger partial charge on any atom is -0.508 e. The van der Waals surface area contributed by atoms with Crippen molar-refractivity contribution in [2.24, 2.45) is 11.8 Å². The third-order valence-electron chi connectivity index (χ3n) is 9.33. The predicted octanol–water partition coefficient (Wildman–Crippen LogP) is 5.04. The van der Waals surface area contributed by atoms with Gasteiger partial charge in [0, 0.05) is 42.4 Å². The number of rotatable bonds is 8. The molecule has 0 aromatic heterocycles. The van der Waals surface area contributed by atoms with E-state index in [0.717, 1.165) is 24.0 Å². The summed E-state index contributed by atoms with van der Waals surface area (Å²) in [4.78, 5) is 44.8. The lowest BCUT2D eigenvalue weighted by atomic mass is 9.77. The quantitative estimate of drug-likeness (QED) is 0.362. The largest absolute Gasteiger partial charge is 0.508 e. The number of hydrogen-bond acceptors (Lipinski definition) is 7. The standard InChI is InChI=1S/C35H38N2O7/c1-42-25-15-14-24(31(18-25)43-2)21-44-35(41)28-12-6-5-11-27(28)34(40)37-17-16-22-9-7-13-30(38)32(22)29(37)20-36-19-23-8-3-4-10-26(23)33(36)39/h3-4,7-10,13-15,18,27-29,38H,5-6,11-12,16-17,19-21H2,1-2H3/t27-,28+,29-/m1/s1. The van der Waals surface area contributed by atoms with Crippen LogP contribution in [0.25, 0.3) is 0 Å². The number of phenols is 1. The first kappa shape index (κ1) is 29.5. The molecule has 9 nitrogen and oxygen atoms in total. The van der Waals surface area contributed by atoms with Crippen molar-refractivity contribution >= 4 is 17.8 Å². The molecule has 6 rings (SSSR count). The minimum absolute atomic E-state index is 0.0224. The molecule has 0 radical (unpaired) electrons. The van der Waals surface area contributed by atoms with Gasteiger partial charge in [0.05, 0.1) is 32.1 Å². The summed E-state index contributed by atoms with van der Waals surface area (Å²) >= 11 is 0. The summed E-state index contributed by atoms with van der Waals surface area (Å²) in [6.45, 7) is 1.16. The second-order valence-electron chi connectivity index (χ2n) is 11.8. The zero-order valence-corrected chi connectivity index (χ0v) is 25.2. The molecule has 0 unspecified atom stereocenters. The fourth-order valence-corrected chi connectivity index (χ4v) is 7.03. The summed E-state index contributed by atoms with van der Waals surface area (Å²) in [6, 6.07) is 17.7. The van der Waals surface area contributed by atoms with Crippen LogP contribution in [0.3, 0.4) is 0 Å². The van der Waals surface area contributed by atoms with Gasteiger partial charge in [-0.1, -0.05) is 43.2 Å². The van der Waals surface area contributed by atoms with E-state index in [1.54, 1.807) is 48.3 Å². The van der Waals surface area contributed by atoms with Crippen LogP contribution in [0, 0.1) is 11.8 Å². The second kappa shape index (κ2) is 12.6. The van der Waals surface area contributed by atoms with E-state index in [0.29, 0.717) is 60.5 Å². The van der Waals surface area contributed by atoms with E-state index in [4.69, 9.17) is 14.2 Å². The Labute approximate surface area is 257 Å². The first-order chi connectivity index (χ1) is 21.4. The molecule has 3 atom stereocenters. The maximum absolute atomic E-state index is 14.4. The maximum Gasteiger partial charge on any atom is 0.310 e. The molecule has 0 saturated heterocycles. The molecule has 3 aliphatic rings. The Morgan fingerprint density at radius 2 is 1.70 bits per heavy atom. The van der Waals surface area contributed by atoms with Gasteiger partial charge in [0.15, 0.2) is 0 Å². The Bertz CT molecular complexity index is 1570. The first-order valence-corrected chi connectivity index (χ1v) is 15.3. The Morgan fingerprint density at radius 3 is 2.48 bits per heavy atom. The number of hydrogen-bond donors (Lipinski definition) is 1. The molecule has 44 heavy (non-hydrogen) atoms. The van der Waals surface area contributed by atoms with Crippen LogP contribution in [-0.4, -0.2) is 60.0 Å². The number of benzene rings is 3. The summed E-state index contributed by atoms with van der Waals surface area (Å²) in [6.07, 6.45) is 3.40. The van der Waals surface area contributed by atoms with Crippen molar-refractivity contribution in [1.82, 2.24) is 9.80 Å². The highest BCUT2D eigenvalue weighted by atomic mass is 16.5. The minimum atomic E-state index is -0.579. The summed E-state index contributed by atoms with van der Waals surface area (Å²) in [5, 5.41) is 11.0. The average molecular weight is 599 g/mol. The molecular weight excluding hydrogens is 560 g/mol. The summed E-state index contributed by atoms with van der Waals surface area (Å²) < 4.78 is 16.5. The van der Waals surface area contributed by atoms with Crippen LogP contribution in [0.5, 0.6) is 17.2 Å². The summed E-state index contributed by atoms with van der Waals surface area (Å²) in [5.74, 6) is -0.426. The maximum atomic E-state index is 14.4. The van der Waals surface area contributed by atoms with Gasteiger partial charge in [-0.3, -0.25) is 14.4 Å². The van der Waals surface area contributed by atoms with Crippen LogP contribution in [0.2, 0.25) is 0 Å². The smallest absolute Gasteiger partial charge is 0.310 e.